The van der Waals surface area contributed by atoms with Crippen LogP contribution >= 0.6 is 0 Å². The molecule has 0 saturated heterocycles. The number of unbranched alkanes of at least 4 members (excludes halogenated alkanes) is 1. The van der Waals surface area contributed by atoms with Crippen LogP contribution in [0.15, 0.2) is 36.4 Å². The van der Waals surface area contributed by atoms with Crippen LogP contribution < -0.4 is 4.74 Å². The van der Waals surface area contributed by atoms with Crippen molar-refractivity contribution in [2.24, 2.45) is 11.8 Å². The van der Waals surface area contributed by atoms with Gasteiger partial charge in [-0.2, -0.15) is 0 Å². The number of ether oxygens (including phenoxy) is 1. The second kappa shape index (κ2) is 9.44. The molecule has 0 amide bonds. The zero-order chi connectivity index (χ0) is 18.4. The molecule has 3 rings (SSSR count). The average Bonchev–Trinajstić information content (AvgIpc) is 2.68. The maximum Gasteiger partial charge on any atom is 0.119 e. The topological polar surface area (TPSA) is 9.23 Å². The summed E-state index contributed by atoms with van der Waals surface area (Å²) in [6, 6.07) is 13.6. The third kappa shape index (κ3) is 5.02. The molecule has 1 aliphatic carbocycles. The SMILES string of the molecule is CCCCOc1ccc2cc([C@H]3CC[C@H](CC(C)CC)CC3)ccc2c1. The third-order valence-electron chi connectivity index (χ3n) is 6.35. The predicted octanol–water partition coefficient (Wildman–Crippen LogP) is 7.73. The number of hydrogen-bond donors (Lipinski definition) is 0. The van der Waals surface area contributed by atoms with E-state index in [2.05, 4.69) is 57.2 Å². The molecule has 0 N–H and O–H groups in total. The summed E-state index contributed by atoms with van der Waals surface area (Å²) in [7, 11) is 0. The minimum Gasteiger partial charge on any atom is -0.494 e. The van der Waals surface area contributed by atoms with Crippen molar-refractivity contribution in [3.63, 3.8) is 0 Å². The monoisotopic (exact) mass is 352 g/mol. The molecule has 1 fully saturated rings. The summed E-state index contributed by atoms with van der Waals surface area (Å²) >= 11 is 0. The van der Waals surface area contributed by atoms with Crippen LogP contribution in [0.3, 0.4) is 0 Å². The van der Waals surface area contributed by atoms with Gasteiger partial charge in [0.15, 0.2) is 0 Å². The van der Waals surface area contributed by atoms with Gasteiger partial charge in [-0.25, -0.2) is 0 Å². The van der Waals surface area contributed by atoms with E-state index in [1.54, 1.807) is 5.56 Å². The van der Waals surface area contributed by atoms with Gasteiger partial charge in [0.2, 0.25) is 0 Å². The van der Waals surface area contributed by atoms with Gasteiger partial charge in [0.1, 0.15) is 5.75 Å². The Labute approximate surface area is 160 Å². The molecular formula is C25H36O. The highest BCUT2D eigenvalue weighted by molar-refractivity contribution is 5.84. The van der Waals surface area contributed by atoms with E-state index in [1.807, 2.05) is 0 Å². The number of hydrogen-bond acceptors (Lipinski definition) is 1. The molecule has 142 valence electrons. The van der Waals surface area contributed by atoms with E-state index >= 15 is 0 Å². The standard InChI is InChI=1S/C25H36O/c1-4-6-15-26-25-14-13-23-17-22(11-12-24(23)18-25)21-9-7-20(8-10-21)16-19(3)5-2/h11-14,17-21H,4-10,15-16H2,1-3H3/t19?,20-,21-. The van der Waals surface area contributed by atoms with Gasteiger partial charge in [-0.05, 0) is 84.7 Å². The van der Waals surface area contributed by atoms with Crippen LogP contribution in [0.25, 0.3) is 10.8 Å². The summed E-state index contributed by atoms with van der Waals surface area (Å²) < 4.78 is 5.85. The fraction of sp³-hybridized carbons (Fsp3) is 0.600. The summed E-state index contributed by atoms with van der Waals surface area (Å²) in [5, 5.41) is 2.65. The van der Waals surface area contributed by atoms with E-state index in [0.717, 1.165) is 36.5 Å². The van der Waals surface area contributed by atoms with Crippen molar-refractivity contribution in [2.45, 2.75) is 78.1 Å². The van der Waals surface area contributed by atoms with Crippen LogP contribution in [0.5, 0.6) is 5.75 Å². The Morgan fingerprint density at radius 3 is 2.42 bits per heavy atom. The third-order valence-corrected chi connectivity index (χ3v) is 6.35. The first-order chi connectivity index (χ1) is 12.7. The molecule has 1 saturated carbocycles. The first-order valence-corrected chi connectivity index (χ1v) is 10.9. The van der Waals surface area contributed by atoms with E-state index in [4.69, 9.17) is 4.74 Å². The summed E-state index contributed by atoms with van der Waals surface area (Å²) in [5.41, 5.74) is 1.54. The van der Waals surface area contributed by atoms with Gasteiger partial charge < -0.3 is 4.74 Å². The van der Waals surface area contributed by atoms with Crippen LogP contribution in [0.2, 0.25) is 0 Å². The molecular weight excluding hydrogens is 316 g/mol. The van der Waals surface area contributed by atoms with Crippen molar-refractivity contribution < 1.29 is 4.74 Å². The van der Waals surface area contributed by atoms with E-state index in [1.165, 1.54) is 55.7 Å². The first-order valence-electron chi connectivity index (χ1n) is 10.9. The number of fused-ring (bicyclic) bond motifs is 1. The largest absolute Gasteiger partial charge is 0.494 e. The zero-order valence-corrected chi connectivity index (χ0v) is 17.0. The highest BCUT2D eigenvalue weighted by Crippen LogP contribution is 2.39. The predicted molar refractivity (Wildman–Crippen MR) is 113 cm³/mol. The second-order valence-corrected chi connectivity index (χ2v) is 8.44. The normalized spacial score (nSPS) is 21.7. The van der Waals surface area contributed by atoms with Gasteiger partial charge in [0, 0.05) is 0 Å². The number of rotatable bonds is 8. The fourth-order valence-corrected chi connectivity index (χ4v) is 4.39. The average molecular weight is 353 g/mol. The molecule has 0 spiro atoms. The van der Waals surface area contributed by atoms with Gasteiger partial charge in [0.05, 0.1) is 6.61 Å². The molecule has 1 aliphatic rings. The van der Waals surface area contributed by atoms with Crippen molar-refractivity contribution in [2.75, 3.05) is 6.61 Å². The molecule has 1 atom stereocenters. The van der Waals surface area contributed by atoms with Crippen molar-refractivity contribution in [1.82, 2.24) is 0 Å². The Morgan fingerprint density at radius 1 is 0.962 bits per heavy atom. The molecule has 1 heteroatoms. The Bertz CT molecular complexity index is 682. The molecule has 1 nitrogen and oxygen atoms in total. The maximum atomic E-state index is 5.85. The van der Waals surface area contributed by atoms with Gasteiger partial charge in [-0.1, -0.05) is 57.9 Å². The van der Waals surface area contributed by atoms with Crippen LogP contribution in [0.1, 0.15) is 83.6 Å². The lowest BCUT2D eigenvalue weighted by Crippen LogP contribution is -2.15. The highest BCUT2D eigenvalue weighted by atomic mass is 16.5. The van der Waals surface area contributed by atoms with Gasteiger partial charge in [0.25, 0.3) is 0 Å². The minimum absolute atomic E-state index is 0.757. The summed E-state index contributed by atoms with van der Waals surface area (Å²) in [6.07, 6.45) is 10.6. The lowest BCUT2D eigenvalue weighted by Gasteiger charge is -2.30. The Balaban J connectivity index is 1.61. The lowest BCUT2D eigenvalue weighted by atomic mass is 9.75. The minimum atomic E-state index is 0.757. The lowest BCUT2D eigenvalue weighted by molar-refractivity contribution is 0.273. The smallest absolute Gasteiger partial charge is 0.119 e. The molecule has 0 aromatic heterocycles. The van der Waals surface area contributed by atoms with Crippen molar-refractivity contribution in [3.05, 3.63) is 42.0 Å². The Kier molecular flexibility index (Phi) is 7.00. The highest BCUT2D eigenvalue weighted by Gasteiger charge is 2.23. The van der Waals surface area contributed by atoms with Gasteiger partial charge in [-0.15, -0.1) is 0 Å². The van der Waals surface area contributed by atoms with E-state index in [0.29, 0.717) is 0 Å². The fourth-order valence-electron chi connectivity index (χ4n) is 4.39. The Morgan fingerprint density at radius 2 is 1.69 bits per heavy atom. The molecule has 0 aliphatic heterocycles. The van der Waals surface area contributed by atoms with Crippen molar-refractivity contribution in [1.29, 1.82) is 0 Å². The zero-order valence-electron chi connectivity index (χ0n) is 17.0. The van der Waals surface area contributed by atoms with Crippen LogP contribution in [0, 0.1) is 11.8 Å². The summed E-state index contributed by atoms with van der Waals surface area (Å²) in [4.78, 5) is 0. The van der Waals surface area contributed by atoms with Crippen LogP contribution in [-0.2, 0) is 0 Å². The summed E-state index contributed by atoms with van der Waals surface area (Å²) in [5.74, 6) is 3.62. The van der Waals surface area contributed by atoms with Crippen LogP contribution in [-0.4, -0.2) is 6.61 Å². The van der Waals surface area contributed by atoms with Gasteiger partial charge in [-0.3, -0.25) is 0 Å². The second-order valence-electron chi connectivity index (χ2n) is 8.44. The molecule has 0 bridgehead atoms. The van der Waals surface area contributed by atoms with E-state index in [9.17, 15) is 0 Å². The van der Waals surface area contributed by atoms with Crippen molar-refractivity contribution in [3.8, 4) is 5.75 Å². The first kappa shape index (κ1) is 19.3. The molecule has 2 aromatic rings. The summed E-state index contributed by atoms with van der Waals surface area (Å²) in [6.45, 7) is 7.75. The molecule has 26 heavy (non-hydrogen) atoms. The van der Waals surface area contributed by atoms with Crippen molar-refractivity contribution >= 4 is 10.8 Å². The molecule has 1 unspecified atom stereocenters. The number of benzene rings is 2. The van der Waals surface area contributed by atoms with Gasteiger partial charge >= 0.3 is 0 Å². The molecule has 0 radical (unpaired) electrons. The molecule has 0 heterocycles. The maximum absolute atomic E-state index is 5.85. The quantitative estimate of drug-likeness (QED) is 0.442. The Hall–Kier alpha value is -1.50. The van der Waals surface area contributed by atoms with E-state index in [-0.39, 0.29) is 0 Å². The van der Waals surface area contributed by atoms with E-state index < -0.39 is 0 Å². The molecule has 2 aromatic carbocycles. The van der Waals surface area contributed by atoms with Crippen LogP contribution in [0.4, 0.5) is 0 Å².